The van der Waals surface area contributed by atoms with E-state index in [0.717, 1.165) is 10.9 Å². The number of aliphatic hydroxyl groups is 1. The Labute approximate surface area is 214 Å². The van der Waals surface area contributed by atoms with Gasteiger partial charge in [-0.1, -0.05) is 0 Å². The van der Waals surface area contributed by atoms with Crippen molar-refractivity contribution in [3.05, 3.63) is 53.3 Å². The van der Waals surface area contributed by atoms with Crippen LogP contribution in [0.2, 0.25) is 0 Å². The van der Waals surface area contributed by atoms with Gasteiger partial charge in [0.25, 0.3) is 11.8 Å². The number of carboxylic acids is 1. The van der Waals surface area contributed by atoms with Gasteiger partial charge in [0.15, 0.2) is 6.04 Å². The second-order valence-corrected chi connectivity index (χ2v) is 9.06. The number of carbonyl (C=O) groups is 3. The van der Waals surface area contributed by atoms with E-state index in [1.54, 1.807) is 19.2 Å². The fraction of sp³-hybridized carbons (Fsp3) is 0.240. The molecule has 2 atom stereocenters. The molecule has 5 rings (SSSR count). The number of carboxylic acid groups (broad SMARTS) is 1. The minimum atomic E-state index is -1.49. The predicted molar refractivity (Wildman–Crippen MR) is 136 cm³/mol. The Morgan fingerprint density at radius 2 is 1.97 bits per heavy atom. The number of rotatable bonds is 7. The molecule has 12 heteroatoms. The van der Waals surface area contributed by atoms with E-state index in [2.05, 4.69) is 15.3 Å². The first-order valence-electron chi connectivity index (χ1n) is 11.3. The molecule has 0 fully saturated rings. The number of aliphatic carboxylic acids is 1. The number of benzene rings is 2. The third-order valence-electron chi connectivity index (χ3n) is 6.54. The summed E-state index contributed by atoms with van der Waals surface area (Å²) in [5.74, 6) is -2.12. The molecule has 1 aliphatic heterocycles. The number of nitrogens with one attached hydrogen (secondary N) is 3. The van der Waals surface area contributed by atoms with Crippen LogP contribution in [-0.2, 0) is 4.79 Å². The molecule has 1 aliphatic rings. The topological polar surface area (TPSA) is 168 Å². The number of aliphatic hydroxyl groups excluding tert-OH is 1. The normalized spacial score (nSPS) is 15.6. The summed E-state index contributed by atoms with van der Waals surface area (Å²) in [6.07, 6.45) is 0. The van der Waals surface area contributed by atoms with E-state index in [-0.39, 0.29) is 41.2 Å². The van der Waals surface area contributed by atoms with E-state index in [4.69, 9.17) is 21.4 Å². The molecule has 0 aliphatic carbocycles. The molecule has 0 bridgehead atoms. The van der Waals surface area contributed by atoms with Crippen molar-refractivity contribution in [2.45, 2.75) is 12.0 Å². The standard InChI is InChI=1S/C25H23ClN4O7/c1-37-13-2-3-15-11(4-13)5-17(27-15)24(34)30-9-12(8-26)21-14-6-16(23(33)29-18(10-31)25(35)36)28-22(14)20(32)7-19(21)30/h2-7,12,18,27-28,31-32H,8-10H2,1H3,(H,29,33)(H,35,36)/t12?,18-/m0/s1. The summed E-state index contributed by atoms with van der Waals surface area (Å²) in [6.45, 7) is -0.527. The van der Waals surface area contributed by atoms with Crippen LogP contribution in [0.15, 0.2) is 36.4 Å². The van der Waals surface area contributed by atoms with Crippen LogP contribution in [0.4, 0.5) is 5.69 Å². The fourth-order valence-corrected chi connectivity index (χ4v) is 4.96. The zero-order valence-electron chi connectivity index (χ0n) is 19.5. The number of aromatic hydroxyl groups is 1. The van der Waals surface area contributed by atoms with Gasteiger partial charge in [0.1, 0.15) is 22.9 Å². The number of H-pyrrole nitrogens is 2. The highest BCUT2D eigenvalue weighted by Crippen LogP contribution is 2.46. The molecule has 2 aromatic heterocycles. The van der Waals surface area contributed by atoms with Gasteiger partial charge in [-0.15, -0.1) is 11.6 Å². The van der Waals surface area contributed by atoms with Crippen LogP contribution in [-0.4, -0.2) is 75.3 Å². The molecular formula is C25H23ClN4O7. The highest BCUT2D eigenvalue weighted by molar-refractivity contribution is 6.19. The Bertz CT molecular complexity index is 1560. The summed E-state index contributed by atoms with van der Waals surface area (Å²) < 4.78 is 5.25. The van der Waals surface area contributed by atoms with Crippen LogP contribution in [0.1, 0.15) is 32.5 Å². The highest BCUT2D eigenvalue weighted by Gasteiger charge is 2.36. The number of anilines is 1. The summed E-state index contributed by atoms with van der Waals surface area (Å²) in [5, 5.41) is 32.6. The van der Waals surface area contributed by atoms with E-state index in [1.165, 1.54) is 17.0 Å². The molecule has 4 aromatic rings. The zero-order chi connectivity index (χ0) is 26.4. The monoisotopic (exact) mass is 526 g/mol. The van der Waals surface area contributed by atoms with Crippen LogP contribution in [0.5, 0.6) is 11.5 Å². The van der Waals surface area contributed by atoms with Gasteiger partial charge >= 0.3 is 5.97 Å². The lowest BCUT2D eigenvalue weighted by Gasteiger charge is -2.17. The summed E-state index contributed by atoms with van der Waals surface area (Å²) in [7, 11) is 1.56. The maximum atomic E-state index is 13.6. The zero-order valence-corrected chi connectivity index (χ0v) is 20.3. The van der Waals surface area contributed by atoms with E-state index >= 15 is 0 Å². The lowest BCUT2D eigenvalue weighted by molar-refractivity contribution is -0.140. The van der Waals surface area contributed by atoms with Crippen molar-refractivity contribution in [2.75, 3.05) is 31.0 Å². The van der Waals surface area contributed by atoms with Gasteiger partial charge in [-0.25, -0.2) is 4.79 Å². The molecule has 0 saturated carbocycles. The average Bonchev–Trinajstić information content (AvgIpc) is 3.60. The van der Waals surface area contributed by atoms with Crippen molar-refractivity contribution in [1.82, 2.24) is 15.3 Å². The number of ether oxygens (including phenoxy) is 1. The summed E-state index contributed by atoms with van der Waals surface area (Å²) >= 11 is 6.28. The molecule has 11 nitrogen and oxygen atoms in total. The summed E-state index contributed by atoms with van der Waals surface area (Å²) in [4.78, 5) is 44.8. The number of hydrogen-bond acceptors (Lipinski definition) is 6. The first-order valence-corrected chi connectivity index (χ1v) is 11.9. The number of phenols is 1. The molecule has 2 aromatic carbocycles. The molecule has 1 unspecified atom stereocenters. The Kier molecular flexibility index (Phi) is 6.18. The number of carbonyl (C=O) groups excluding carboxylic acids is 2. The third kappa shape index (κ3) is 4.11. The number of aromatic amines is 2. The second kappa shape index (κ2) is 9.34. The molecular weight excluding hydrogens is 504 g/mol. The van der Waals surface area contributed by atoms with Crippen molar-refractivity contribution in [2.24, 2.45) is 0 Å². The SMILES string of the molecule is COc1ccc2[nH]c(C(=O)N3CC(CCl)c4c3cc(O)c3[nH]c(C(=O)N[C@@H](CO)C(=O)O)cc43)cc2c1. The number of alkyl halides is 1. The van der Waals surface area contributed by atoms with Gasteiger partial charge in [0, 0.05) is 40.7 Å². The van der Waals surface area contributed by atoms with Crippen LogP contribution in [0.25, 0.3) is 21.8 Å². The largest absolute Gasteiger partial charge is 0.506 e. The number of nitrogens with zero attached hydrogens (tertiary/aromatic N) is 1. The van der Waals surface area contributed by atoms with E-state index in [0.29, 0.717) is 28.1 Å². The lowest BCUT2D eigenvalue weighted by atomic mass is 9.98. The van der Waals surface area contributed by atoms with Gasteiger partial charge in [-0.3, -0.25) is 9.59 Å². The molecule has 6 N–H and O–H groups in total. The number of halogens is 1. The smallest absolute Gasteiger partial charge is 0.328 e. The molecule has 0 saturated heterocycles. The first-order chi connectivity index (χ1) is 17.7. The number of fused-ring (bicyclic) bond motifs is 4. The Morgan fingerprint density at radius 3 is 2.65 bits per heavy atom. The first kappa shape index (κ1) is 24.5. The highest BCUT2D eigenvalue weighted by atomic mass is 35.5. The van der Waals surface area contributed by atoms with E-state index in [9.17, 15) is 24.6 Å². The number of phenolic OH excluding ortho intramolecular Hbond substituents is 1. The van der Waals surface area contributed by atoms with Crippen molar-refractivity contribution >= 4 is 56.9 Å². The van der Waals surface area contributed by atoms with E-state index in [1.807, 2.05) is 12.1 Å². The number of hydrogen-bond donors (Lipinski definition) is 6. The quantitative estimate of drug-likeness (QED) is 0.201. The molecule has 2 amide bonds. The Hall–Kier alpha value is -4.22. The van der Waals surface area contributed by atoms with Crippen molar-refractivity contribution in [3.63, 3.8) is 0 Å². The van der Waals surface area contributed by atoms with Gasteiger partial charge in [-0.2, -0.15) is 0 Å². The minimum Gasteiger partial charge on any atom is -0.506 e. The second-order valence-electron chi connectivity index (χ2n) is 8.75. The maximum Gasteiger partial charge on any atom is 0.328 e. The molecule has 192 valence electrons. The van der Waals surface area contributed by atoms with Crippen molar-refractivity contribution in [3.8, 4) is 11.5 Å². The number of methoxy groups -OCH3 is 1. The maximum absolute atomic E-state index is 13.6. The predicted octanol–water partition coefficient (Wildman–Crippen LogP) is 2.52. The third-order valence-corrected chi connectivity index (χ3v) is 6.91. The Balaban J connectivity index is 1.54. The lowest BCUT2D eigenvalue weighted by Crippen LogP contribution is -2.43. The number of aromatic nitrogens is 2. The minimum absolute atomic E-state index is 0.0129. The molecule has 37 heavy (non-hydrogen) atoms. The molecule has 0 radical (unpaired) electrons. The van der Waals surface area contributed by atoms with Crippen LogP contribution < -0.4 is 15.0 Å². The van der Waals surface area contributed by atoms with Crippen LogP contribution in [0, 0.1) is 0 Å². The summed E-state index contributed by atoms with van der Waals surface area (Å²) in [6, 6.07) is 8.58. The Morgan fingerprint density at radius 1 is 1.19 bits per heavy atom. The fourth-order valence-electron chi connectivity index (χ4n) is 4.71. The average molecular weight is 527 g/mol. The summed E-state index contributed by atoms with van der Waals surface area (Å²) in [5.41, 5.74) is 2.49. The van der Waals surface area contributed by atoms with Gasteiger partial charge in [0.05, 0.1) is 24.9 Å². The van der Waals surface area contributed by atoms with Crippen LogP contribution in [0.3, 0.4) is 0 Å². The van der Waals surface area contributed by atoms with Gasteiger partial charge in [0.2, 0.25) is 0 Å². The van der Waals surface area contributed by atoms with Crippen molar-refractivity contribution < 1.29 is 34.4 Å². The number of amides is 2. The van der Waals surface area contributed by atoms with Crippen molar-refractivity contribution in [1.29, 1.82) is 0 Å². The molecule has 3 heterocycles. The molecule has 0 spiro atoms. The van der Waals surface area contributed by atoms with Gasteiger partial charge < -0.3 is 40.2 Å². The van der Waals surface area contributed by atoms with Gasteiger partial charge in [-0.05, 0) is 35.9 Å². The van der Waals surface area contributed by atoms with E-state index < -0.39 is 24.5 Å². The van der Waals surface area contributed by atoms with Crippen LogP contribution >= 0.6 is 11.6 Å².